The summed E-state index contributed by atoms with van der Waals surface area (Å²) < 4.78 is 5.02. The van der Waals surface area contributed by atoms with Crippen LogP contribution in [0.5, 0.6) is 0 Å². The Morgan fingerprint density at radius 2 is 1.87 bits per heavy atom. The molecule has 0 unspecified atom stereocenters. The van der Waals surface area contributed by atoms with Gasteiger partial charge in [-0.3, -0.25) is 0 Å². The first-order valence-corrected chi connectivity index (χ1v) is 7.40. The second-order valence-corrected chi connectivity index (χ2v) is 4.73. The maximum Gasteiger partial charge on any atom is 0.341 e. The van der Waals surface area contributed by atoms with Crippen LogP contribution in [-0.4, -0.2) is 29.1 Å². The largest absolute Gasteiger partial charge is 0.462 e. The van der Waals surface area contributed by atoms with Gasteiger partial charge in [-0.2, -0.15) is 0 Å². The van der Waals surface area contributed by atoms with Gasteiger partial charge in [-0.15, -0.1) is 0 Å². The van der Waals surface area contributed by atoms with Gasteiger partial charge in [0.15, 0.2) is 0 Å². The number of allylic oxidation sites excluding steroid dienone is 4. The van der Waals surface area contributed by atoms with Gasteiger partial charge >= 0.3 is 5.97 Å². The number of rotatable bonds is 8. The monoisotopic (exact) mass is 313 g/mol. The zero-order chi connectivity index (χ0) is 17.2. The molecule has 1 aromatic rings. The average molecular weight is 313 g/mol. The minimum absolute atomic E-state index is 0.323. The third kappa shape index (κ3) is 5.54. The summed E-state index contributed by atoms with van der Waals surface area (Å²) in [6.07, 6.45) is 9.10. The summed E-state index contributed by atoms with van der Waals surface area (Å²) in [5.41, 5.74) is 2.59. The highest BCUT2D eigenvalue weighted by Gasteiger charge is 2.16. The molecular weight excluding hydrogens is 290 g/mol. The summed E-state index contributed by atoms with van der Waals surface area (Å²) in [6.45, 7) is 13.5. The number of nitrogens with one attached hydrogen (secondary N) is 1. The van der Waals surface area contributed by atoms with Gasteiger partial charge in [0.1, 0.15) is 5.56 Å². The van der Waals surface area contributed by atoms with Crippen molar-refractivity contribution in [2.45, 2.75) is 20.8 Å². The summed E-state index contributed by atoms with van der Waals surface area (Å²) in [6, 6.07) is 0. The lowest BCUT2D eigenvalue weighted by molar-refractivity contribution is 0.0523. The molecular formula is C18H23N3O2. The van der Waals surface area contributed by atoms with E-state index in [0.29, 0.717) is 36.1 Å². The van der Waals surface area contributed by atoms with Gasteiger partial charge in [0.25, 0.3) is 0 Å². The average Bonchev–Trinajstić information content (AvgIpc) is 2.50. The molecule has 1 rings (SSSR count). The molecule has 0 aliphatic heterocycles. The van der Waals surface area contributed by atoms with E-state index in [1.165, 1.54) is 0 Å². The van der Waals surface area contributed by atoms with Crippen LogP contribution in [0.1, 0.15) is 28.7 Å². The van der Waals surface area contributed by atoms with Crippen LogP contribution in [0, 0.1) is 13.8 Å². The van der Waals surface area contributed by atoms with E-state index in [0.717, 1.165) is 5.57 Å². The Morgan fingerprint density at radius 3 is 2.39 bits per heavy atom. The quantitative estimate of drug-likeness (QED) is 0.587. The third-order valence-electron chi connectivity index (χ3n) is 3.02. The van der Waals surface area contributed by atoms with Gasteiger partial charge in [0.05, 0.1) is 18.0 Å². The molecule has 23 heavy (non-hydrogen) atoms. The Bertz CT molecular complexity index is 623. The fraction of sp³-hybridized carbons (Fsp3) is 0.278. The summed E-state index contributed by atoms with van der Waals surface area (Å²) in [5, 5.41) is 3.13. The molecule has 0 spiro atoms. The van der Waals surface area contributed by atoms with Crippen molar-refractivity contribution >= 4 is 11.9 Å². The van der Waals surface area contributed by atoms with E-state index >= 15 is 0 Å². The topological polar surface area (TPSA) is 64.1 Å². The Kier molecular flexibility index (Phi) is 7.47. The molecule has 0 fully saturated rings. The first-order chi connectivity index (χ1) is 11.0. The first-order valence-electron chi connectivity index (χ1n) is 7.40. The first kappa shape index (κ1) is 18.4. The minimum atomic E-state index is -0.393. The van der Waals surface area contributed by atoms with Gasteiger partial charge in [0.2, 0.25) is 5.95 Å². The molecule has 5 nitrogen and oxygen atoms in total. The lowest BCUT2D eigenvalue weighted by Gasteiger charge is -2.11. The molecule has 122 valence electrons. The Labute approximate surface area is 137 Å². The number of esters is 1. The fourth-order valence-corrected chi connectivity index (χ4v) is 1.93. The lowest BCUT2D eigenvalue weighted by Crippen LogP contribution is -2.15. The minimum Gasteiger partial charge on any atom is -0.462 e. The van der Waals surface area contributed by atoms with Crippen LogP contribution in [0.3, 0.4) is 0 Å². The van der Waals surface area contributed by atoms with Crippen LogP contribution in [-0.2, 0) is 4.74 Å². The summed E-state index contributed by atoms with van der Waals surface area (Å²) in [7, 11) is 0. The highest BCUT2D eigenvalue weighted by Crippen LogP contribution is 2.14. The van der Waals surface area contributed by atoms with Crippen LogP contribution >= 0.6 is 0 Å². The SMILES string of the molecule is C=CC=CC=C(C=C)CNc1nc(C)c(C(=O)OCC)c(C)n1. The number of hydrogen-bond acceptors (Lipinski definition) is 5. The maximum atomic E-state index is 11.9. The number of aromatic nitrogens is 2. The van der Waals surface area contributed by atoms with E-state index in [-0.39, 0.29) is 0 Å². The summed E-state index contributed by atoms with van der Waals surface area (Å²) in [4.78, 5) is 20.5. The van der Waals surface area contributed by atoms with Crippen LogP contribution < -0.4 is 5.32 Å². The smallest absolute Gasteiger partial charge is 0.341 e. The van der Waals surface area contributed by atoms with E-state index in [1.54, 1.807) is 32.9 Å². The Hall–Kier alpha value is -2.69. The van der Waals surface area contributed by atoms with E-state index in [2.05, 4.69) is 28.4 Å². The highest BCUT2D eigenvalue weighted by molar-refractivity contribution is 5.91. The highest BCUT2D eigenvalue weighted by atomic mass is 16.5. The molecule has 0 saturated heterocycles. The molecule has 1 N–H and O–H groups in total. The van der Waals surface area contributed by atoms with E-state index in [9.17, 15) is 4.79 Å². The third-order valence-corrected chi connectivity index (χ3v) is 3.02. The van der Waals surface area contributed by atoms with Crippen molar-refractivity contribution in [3.63, 3.8) is 0 Å². The lowest BCUT2D eigenvalue weighted by atomic mass is 10.2. The Morgan fingerprint density at radius 1 is 1.22 bits per heavy atom. The van der Waals surface area contributed by atoms with Crippen molar-refractivity contribution in [1.82, 2.24) is 9.97 Å². The molecule has 0 atom stereocenters. The molecule has 0 bridgehead atoms. The van der Waals surface area contributed by atoms with Crippen molar-refractivity contribution < 1.29 is 9.53 Å². The number of carbonyl (C=O) groups excluding carboxylic acids is 1. The normalized spacial score (nSPS) is 11.3. The van der Waals surface area contributed by atoms with Crippen molar-refractivity contribution in [2.24, 2.45) is 0 Å². The van der Waals surface area contributed by atoms with Crippen molar-refractivity contribution in [3.8, 4) is 0 Å². The van der Waals surface area contributed by atoms with Gasteiger partial charge < -0.3 is 10.1 Å². The molecule has 0 aliphatic rings. The number of hydrogen-bond donors (Lipinski definition) is 1. The van der Waals surface area contributed by atoms with Crippen LogP contribution in [0.25, 0.3) is 0 Å². The molecule has 1 heterocycles. The molecule has 0 amide bonds. The zero-order valence-corrected chi connectivity index (χ0v) is 13.9. The summed E-state index contributed by atoms with van der Waals surface area (Å²) >= 11 is 0. The maximum absolute atomic E-state index is 11.9. The fourth-order valence-electron chi connectivity index (χ4n) is 1.93. The van der Waals surface area contributed by atoms with E-state index in [4.69, 9.17) is 4.74 Å². The summed E-state index contributed by atoms with van der Waals surface area (Å²) in [5.74, 6) is 0.0730. The number of anilines is 1. The molecule has 0 aromatic carbocycles. The number of nitrogens with zero attached hydrogens (tertiary/aromatic N) is 2. The molecule has 5 heteroatoms. The van der Waals surface area contributed by atoms with Crippen molar-refractivity contribution in [2.75, 3.05) is 18.5 Å². The van der Waals surface area contributed by atoms with E-state index in [1.807, 2.05) is 18.2 Å². The predicted molar refractivity (Wildman–Crippen MR) is 93.6 cm³/mol. The van der Waals surface area contributed by atoms with Crippen LogP contribution in [0.15, 0.2) is 49.1 Å². The molecule has 0 aliphatic carbocycles. The van der Waals surface area contributed by atoms with Crippen molar-refractivity contribution in [3.05, 3.63) is 66.1 Å². The second kappa shape index (κ2) is 9.35. The number of ether oxygens (including phenoxy) is 1. The van der Waals surface area contributed by atoms with Gasteiger partial charge in [-0.05, 0) is 26.3 Å². The van der Waals surface area contributed by atoms with Crippen molar-refractivity contribution in [1.29, 1.82) is 0 Å². The standard InChI is InChI=1S/C18H23N3O2/c1-6-9-10-11-15(7-2)12-19-18-20-13(4)16(14(5)21-18)17(22)23-8-3/h6-7,9-11H,1-2,8,12H2,3-5H3,(H,19,20,21). The molecule has 1 aromatic heterocycles. The second-order valence-electron chi connectivity index (χ2n) is 4.73. The van der Waals surface area contributed by atoms with Gasteiger partial charge in [-0.1, -0.05) is 43.5 Å². The van der Waals surface area contributed by atoms with Crippen LogP contribution in [0.4, 0.5) is 5.95 Å². The number of aryl methyl sites for hydroxylation is 2. The Balaban J connectivity index is 2.89. The number of carbonyl (C=O) groups is 1. The zero-order valence-electron chi connectivity index (χ0n) is 13.9. The van der Waals surface area contributed by atoms with Gasteiger partial charge in [-0.25, -0.2) is 14.8 Å². The predicted octanol–water partition coefficient (Wildman–Crippen LogP) is 3.54. The van der Waals surface area contributed by atoms with Crippen LogP contribution in [0.2, 0.25) is 0 Å². The molecule has 0 saturated carbocycles. The molecule has 0 radical (unpaired) electrons. The van der Waals surface area contributed by atoms with Gasteiger partial charge in [0, 0.05) is 6.54 Å². The van der Waals surface area contributed by atoms with E-state index < -0.39 is 5.97 Å².